The molecular formula is C16H32. The zero-order valence-corrected chi connectivity index (χ0v) is 11.5. The highest BCUT2D eigenvalue weighted by Gasteiger charge is 2.12. The molecule has 0 unspecified atom stereocenters. The van der Waals surface area contributed by atoms with Crippen LogP contribution in [0.1, 0.15) is 96.8 Å². The van der Waals surface area contributed by atoms with E-state index in [4.69, 9.17) is 0 Å². The second-order valence-electron chi connectivity index (χ2n) is 5.77. The first-order chi connectivity index (χ1) is 7.93. The van der Waals surface area contributed by atoms with Crippen molar-refractivity contribution in [3.8, 4) is 0 Å². The van der Waals surface area contributed by atoms with Crippen LogP contribution in [0.4, 0.5) is 0 Å². The van der Waals surface area contributed by atoms with Gasteiger partial charge < -0.3 is 0 Å². The lowest BCUT2D eigenvalue weighted by Gasteiger charge is -2.21. The minimum Gasteiger partial charge on any atom is -0.0654 e. The van der Waals surface area contributed by atoms with E-state index in [1.165, 1.54) is 89.9 Å². The van der Waals surface area contributed by atoms with Crippen molar-refractivity contribution in [1.29, 1.82) is 0 Å². The van der Waals surface area contributed by atoms with Crippen LogP contribution in [0.2, 0.25) is 0 Å². The standard InChI is InChI=1S/C16H32/c1-2-3-4-5-6-7-8-10-13-16-14-11-9-12-15-16/h16H,2-15H2,1H3. The van der Waals surface area contributed by atoms with Gasteiger partial charge in [0.1, 0.15) is 0 Å². The van der Waals surface area contributed by atoms with Gasteiger partial charge in [0.15, 0.2) is 0 Å². The predicted molar refractivity (Wildman–Crippen MR) is 73.8 cm³/mol. The molecule has 0 bridgehead atoms. The van der Waals surface area contributed by atoms with Crippen molar-refractivity contribution >= 4 is 0 Å². The molecule has 96 valence electrons. The molecule has 0 radical (unpaired) electrons. The van der Waals surface area contributed by atoms with Crippen LogP contribution in [0.25, 0.3) is 0 Å². The highest BCUT2D eigenvalue weighted by molar-refractivity contribution is 4.65. The van der Waals surface area contributed by atoms with Crippen LogP contribution in [0.15, 0.2) is 0 Å². The summed E-state index contributed by atoms with van der Waals surface area (Å²) in [5, 5.41) is 0. The van der Waals surface area contributed by atoms with Crippen LogP contribution in [0.3, 0.4) is 0 Å². The van der Waals surface area contributed by atoms with Gasteiger partial charge in [-0.1, -0.05) is 96.8 Å². The molecule has 0 heterocycles. The number of rotatable bonds is 9. The van der Waals surface area contributed by atoms with Gasteiger partial charge in [0.05, 0.1) is 0 Å². The second kappa shape index (κ2) is 10.2. The maximum atomic E-state index is 2.30. The van der Waals surface area contributed by atoms with Crippen LogP contribution >= 0.6 is 0 Å². The maximum Gasteiger partial charge on any atom is -0.0414 e. The normalized spacial score (nSPS) is 17.8. The Kier molecular flexibility index (Phi) is 8.94. The summed E-state index contributed by atoms with van der Waals surface area (Å²) in [5.74, 6) is 1.11. The molecule has 1 fully saturated rings. The van der Waals surface area contributed by atoms with Crippen LogP contribution in [0.5, 0.6) is 0 Å². The molecule has 0 aromatic rings. The van der Waals surface area contributed by atoms with Gasteiger partial charge in [-0.05, 0) is 5.92 Å². The Morgan fingerprint density at radius 2 is 1.25 bits per heavy atom. The lowest BCUT2D eigenvalue weighted by molar-refractivity contribution is 0.328. The first-order valence-electron chi connectivity index (χ1n) is 7.93. The molecule has 0 spiro atoms. The molecule has 16 heavy (non-hydrogen) atoms. The molecule has 0 heteroatoms. The number of hydrogen-bond donors (Lipinski definition) is 0. The fraction of sp³-hybridized carbons (Fsp3) is 1.00. The van der Waals surface area contributed by atoms with E-state index in [0.29, 0.717) is 0 Å². The monoisotopic (exact) mass is 224 g/mol. The van der Waals surface area contributed by atoms with Gasteiger partial charge in [-0.15, -0.1) is 0 Å². The first kappa shape index (κ1) is 14.1. The lowest BCUT2D eigenvalue weighted by Crippen LogP contribution is -2.05. The molecule has 0 aromatic heterocycles. The first-order valence-corrected chi connectivity index (χ1v) is 7.93. The molecule has 1 aliphatic carbocycles. The maximum absolute atomic E-state index is 2.30. The highest BCUT2D eigenvalue weighted by atomic mass is 14.2. The lowest BCUT2D eigenvalue weighted by atomic mass is 9.85. The number of hydrogen-bond acceptors (Lipinski definition) is 0. The molecular weight excluding hydrogens is 192 g/mol. The summed E-state index contributed by atoms with van der Waals surface area (Å²) >= 11 is 0. The fourth-order valence-electron chi connectivity index (χ4n) is 3.04. The van der Waals surface area contributed by atoms with E-state index in [-0.39, 0.29) is 0 Å². The third-order valence-electron chi connectivity index (χ3n) is 4.19. The van der Waals surface area contributed by atoms with Crippen molar-refractivity contribution in [2.75, 3.05) is 0 Å². The third-order valence-corrected chi connectivity index (χ3v) is 4.19. The fourth-order valence-corrected chi connectivity index (χ4v) is 3.04. The van der Waals surface area contributed by atoms with Gasteiger partial charge in [0.25, 0.3) is 0 Å². The Bertz CT molecular complexity index is 133. The van der Waals surface area contributed by atoms with E-state index in [9.17, 15) is 0 Å². The molecule has 0 aromatic carbocycles. The molecule has 0 N–H and O–H groups in total. The molecule has 0 nitrogen and oxygen atoms in total. The topological polar surface area (TPSA) is 0 Å². The van der Waals surface area contributed by atoms with Crippen molar-refractivity contribution in [2.45, 2.75) is 96.8 Å². The van der Waals surface area contributed by atoms with Crippen molar-refractivity contribution in [2.24, 2.45) is 5.92 Å². The highest BCUT2D eigenvalue weighted by Crippen LogP contribution is 2.28. The van der Waals surface area contributed by atoms with Gasteiger partial charge in [0.2, 0.25) is 0 Å². The number of unbranched alkanes of at least 4 members (excludes halogenated alkanes) is 7. The minimum atomic E-state index is 1.11. The van der Waals surface area contributed by atoms with Crippen molar-refractivity contribution in [3.05, 3.63) is 0 Å². The van der Waals surface area contributed by atoms with E-state index in [1.54, 1.807) is 0 Å². The van der Waals surface area contributed by atoms with E-state index in [0.717, 1.165) is 5.92 Å². The molecule has 0 aliphatic heterocycles. The van der Waals surface area contributed by atoms with Crippen LogP contribution in [-0.4, -0.2) is 0 Å². The van der Waals surface area contributed by atoms with Crippen molar-refractivity contribution < 1.29 is 0 Å². The van der Waals surface area contributed by atoms with E-state index >= 15 is 0 Å². The summed E-state index contributed by atoms with van der Waals surface area (Å²) in [6, 6.07) is 0. The second-order valence-corrected chi connectivity index (χ2v) is 5.77. The summed E-state index contributed by atoms with van der Waals surface area (Å²) in [6.45, 7) is 2.30. The average molecular weight is 224 g/mol. The molecule has 0 amide bonds. The largest absolute Gasteiger partial charge is 0.0654 e. The third kappa shape index (κ3) is 7.30. The average Bonchev–Trinajstić information content (AvgIpc) is 2.34. The summed E-state index contributed by atoms with van der Waals surface area (Å²) in [5.41, 5.74) is 0. The minimum absolute atomic E-state index is 1.11. The van der Waals surface area contributed by atoms with E-state index in [1.807, 2.05) is 0 Å². The molecule has 0 saturated heterocycles. The van der Waals surface area contributed by atoms with Gasteiger partial charge in [-0.2, -0.15) is 0 Å². The van der Waals surface area contributed by atoms with Gasteiger partial charge in [0, 0.05) is 0 Å². The van der Waals surface area contributed by atoms with Gasteiger partial charge in [-0.3, -0.25) is 0 Å². The Morgan fingerprint density at radius 1 is 0.688 bits per heavy atom. The molecule has 1 saturated carbocycles. The molecule has 1 rings (SSSR count). The predicted octanol–water partition coefficient (Wildman–Crippen LogP) is 6.10. The SMILES string of the molecule is CCCCCCCCCCC1CCCCC1. The van der Waals surface area contributed by atoms with E-state index < -0.39 is 0 Å². The van der Waals surface area contributed by atoms with Crippen LogP contribution in [-0.2, 0) is 0 Å². The Morgan fingerprint density at radius 3 is 1.88 bits per heavy atom. The quantitative estimate of drug-likeness (QED) is 0.415. The van der Waals surface area contributed by atoms with Gasteiger partial charge >= 0.3 is 0 Å². The summed E-state index contributed by atoms with van der Waals surface area (Å²) in [4.78, 5) is 0. The van der Waals surface area contributed by atoms with Crippen LogP contribution < -0.4 is 0 Å². The Labute approximate surface area is 103 Å². The van der Waals surface area contributed by atoms with Gasteiger partial charge in [-0.25, -0.2) is 0 Å². The Balaban J connectivity index is 1.77. The van der Waals surface area contributed by atoms with E-state index in [2.05, 4.69) is 6.92 Å². The zero-order chi connectivity index (χ0) is 11.5. The van der Waals surface area contributed by atoms with Crippen molar-refractivity contribution in [3.63, 3.8) is 0 Å². The Hall–Kier alpha value is 0. The summed E-state index contributed by atoms with van der Waals surface area (Å²) < 4.78 is 0. The molecule has 0 atom stereocenters. The van der Waals surface area contributed by atoms with Crippen LogP contribution in [0, 0.1) is 5.92 Å². The summed E-state index contributed by atoms with van der Waals surface area (Å²) in [6.07, 6.45) is 20.9. The van der Waals surface area contributed by atoms with Crippen molar-refractivity contribution in [1.82, 2.24) is 0 Å². The zero-order valence-electron chi connectivity index (χ0n) is 11.5. The summed E-state index contributed by atoms with van der Waals surface area (Å²) in [7, 11) is 0. The molecule has 1 aliphatic rings. The smallest absolute Gasteiger partial charge is 0.0414 e.